The number of methoxy groups -OCH3 is 1. The molecule has 0 amide bonds. The smallest absolute Gasteiger partial charge is 0.279 e. The fraction of sp³-hybridized carbons (Fsp3) is 0.154. The van der Waals surface area contributed by atoms with E-state index in [9.17, 15) is 4.79 Å². The molecule has 0 aliphatic heterocycles. The molecular formula is C26H22N4O4. The monoisotopic (exact) mass is 454 g/mol. The summed E-state index contributed by atoms with van der Waals surface area (Å²) in [6.07, 6.45) is 0. The van der Waals surface area contributed by atoms with Crippen LogP contribution in [-0.2, 0) is 0 Å². The van der Waals surface area contributed by atoms with Crippen LogP contribution in [0.1, 0.15) is 12.5 Å². The highest BCUT2D eigenvalue weighted by Gasteiger charge is 2.20. The van der Waals surface area contributed by atoms with Crippen LogP contribution in [0.15, 0.2) is 76.0 Å². The maximum atomic E-state index is 13.3. The van der Waals surface area contributed by atoms with Gasteiger partial charge in [0.1, 0.15) is 0 Å². The zero-order valence-electron chi connectivity index (χ0n) is 19.0. The molecule has 5 rings (SSSR count). The van der Waals surface area contributed by atoms with Crippen LogP contribution in [0.3, 0.4) is 0 Å². The first-order valence-corrected chi connectivity index (χ1v) is 10.8. The molecule has 0 atom stereocenters. The Morgan fingerprint density at radius 1 is 0.971 bits per heavy atom. The predicted octanol–water partition coefficient (Wildman–Crippen LogP) is 4.82. The van der Waals surface area contributed by atoms with E-state index in [1.54, 1.807) is 25.3 Å². The molecule has 8 heteroatoms. The molecule has 0 saturated carbocycles. The van der Waals surface area contributed by atoms with Gasteiger partial charge in [0.15, 0.2) is 17.2 Å². The number of nitrogens with zero attached hydrogens (tertiary/aromatic N) is 4. The van der Waals surface area contributed by atoms with Gasteiger partial charge in [0.05, 0.1) is 24.8 Å². The van der Waals surface area contributed by atoms with E-state index in [2.05, 4.69) is 15.2 Å². The molecule has 5 aromatic rings. The van der Waals surface area contributed by atoms with E-state index < -0.39 is 0 Å². The first kappa shape index (κ1) is 21.4. The van der Waals surface area contributed by atoms with Crippen LogP contribution in [0.5, 0.6) is 11.5 Å². The Hall–Kier alpha value is -4.46. The second-order valence-corrected chi connectivity index (χ2v) is 7.62. The van der Waals surface area contributed by atoms with Gasteiger partial charge in [-0.3, -0.25) is 4.79 Å². The molecule has 0 aliphatic carbocycles. The van der Waals surface area contributed by atoms with Crippen molar-refractivity contribution in [1.29, 1.82) is 0 Å². The molecule has 0 fully saturated rings. The number of para-hydroxylation sites is 1. The second-order valence-electron chi connectivity index (χ2n) is 7.62. The van der Waals surface area contributed by atoms with Crippen molar-refractivity contribution < 1.29 is 14.0 Å². The molecule has 34 heavy (non-hydrogen) atoms. The number of hydrogen-bond donors (Lipinski definition) is 0. The van der Waals surface area contributed by atoms with Crippen LogP contribution in [0.25, 0.3) is 39.4 Å². The number of benzene rings is 3. The Bertz CT molecular complexity index is 1550. The third-order valence-electron chi connectivity index (χ3n) is 5.50. The summed E-state index contributed by atoms with van der Waals surface area (Å²) in [7, 11) is 1.58. The first-order chi connectivity index (χ1) is 16.6. The molecule has 8 nitrogen and oxygen atoms in total. The Morgan fingerprint density at radius 2 is 1.74 bits per heavy atom. The van der Waals surface area contributed by atoms with E-state index in [-0.39, 0.29) is 11.4 Å². The quantitative estimate of drug-likeness (QED) is 0.363. The summed E-state index contributed by atoms with van der Waals surface area (Å²) < 4.78 is 18.0. The molecular weight excluding hydrogens is 432 g/mol. The molecule has 0 aliphatic rings. The Labute approximate surface area is 195 Å². The summed E-state index contributed by atoms with van der Waals surface area (Å²) in [5.74, 6) is 1.79. The average molecular weight is 454 g/mol. The predicted molar refractivity (Wildman–Crippen MR) is 129 cm³/mol. The van der Waals surface area contributed by atoms with Crippen molar-refractivity contribution in [3.05, 3.63) is 82.6 Å². The number of aromatic nitrogens is 4. The second kappa shape index (κ2) is 8.82. The SMILES string of the molecule is CCOc1ccc(-c2noc(-c3nn(-c4ccccc4C)c(=O)c4ccccc34)n2)cc1OC. The average Bonchev–Trinajstić information content (AvgIpc) is 3.35. The molecule has 0 N–H and O–H groups in total. The largest absolute Gasteiger partial charge is 0.493 e. The fourth-order valence-corrected chi connectivity index (χ4v) is 3.83. The van der Waals surface area contributed by atoms with Gasteiger partial charge in [-0.1, -0.05) is 41.6 Å². The lowest BCUT2D eigenvalue weighted by molar-refractivity contribution is 0.311. The highest BCUT2D eigenvalue weighted by Crippen LogP contribution is 2.33. The molecule has 0 saturated heterocycles. The Morgan fingerprint density at radius 3 is 2.50 bits per heavy atom. The van der Waals surface area contributed by atoms with E-state index in [0.29, 0.717) is 51.6 Å². The van der Waals surface area contributed by atoms with Gasteiger partial charge in [0.2, 0.25) is 5.82 Å². The van der Waals surface area contributed by atoms with Crippen LogP contribution >= 0.6 is 0 Å². The van der Waals surface area contributed by atoms with E-state index in [4.69, 9.17) is 14.0 Å². The van der Waals surface area contributed by atoms with Crippen molar-refractivity contribution >= 4 is 10.8 Å². The van der Waals surface area contributed by atoms with E-state index in [0.717, 1.165) is 5.56 Å². The summed E-state index contributed by atoms with van der Waals surface area (Å²) >= 11 is 0. The zero-order chi connectivity index (χ0) is 23.7. The third kappa shape index (κ3) is 3.69. The molecule has 2 heterocycles. The summed E-state index contributed by atoms with van der Waals surface area (Å²) in [4.78, 5) is 17.8. The highest BCUT2D eigenvalue weighted by molar-refractivity contribution is 5.92. The molecule has 2 aromatic heterocycles. The van der Waals surface area contributed by atoms with Crippen molar-refractivity contribution in [2.24, 2.45) is 0 Å². The van der Waals surface area contributed by atoms with Crippen molar-refractivity contribution in [2.45, 2.75) is 13.8 Å². The van der Waals surface area contributed by atoms with Crippen molar-refractivity contribution in [2.75, 3.05) is 13.7 Å². The van der Waals surface area contributed by atoms with Crippen LogP contribution < -0.4 is 15.0 Å². The number of fused-ring (bicyclic) bond motifs is 1. The molecule has 0 radical (unpaired) electrons. The van der Waals surface area contributed by atoms with E-state index >= 15 is 0 Å². The number of ether oxygens (including phenoxy) is 2. The lowest BCUT2D eigenvalue weighted by atomic mass is 10.1. The summed E-state index contributed by atoms with van der Waals surface area (Å²) in [6.45, 7) is 4.37. The first-order valence-electron chi connectivity index (χ1n) is 10.8. The van der Waals surface area contributed by atoms with Crippen LogP contribution in [0.4, 0.5) is 0 Å². The van der Waals surface area contributed by atoms with Gasteiger partial charge in [-0.15, -0.1) is 0 Å². The van der Waals surface area contributed by atoms with Crippen LogP contribution in [0.2, 0.25) is 0 Å². The summed E-state index contributed by atoms with van der Waals surface area (Å²) in [5, 5.41) is 9.95. The molecule has 3 aromatic carbocycles. The van der Waals surface area contributed by atoms with E-state index in [1.807, 2.05) is 62.4 Å². The van der Waals surface area contributed by atoms with Gasteiger partial charge in [-0.2, -0.15) is 14.8 Å². The lowest BCUT2D eigenvalue weighted by Gasteiger charge is -2.11. The van der Waals surface area contributed by atoms with Crippen molar-refractivity contribution in [1.82, 2.24) is 19.9 Å². The number of rotatable bonds is 6. The topological polar surface area (TPSA) is 92.3 Å². The van der Waals surface area contributed by atoms with Crippen LogP contribution in [-0.4, -0.2) is 33.6 Å². The maximum absolute atomic E-state index is 13.3. The van der Waals surface area contributed by atoms with E-state index in [1.165, 1.54) is 4.68 Å². The molecule has 170 valence electrons. The highest BCUT2D eigenvalue weighted by atomic mass is 16.5. The van der Waals surface area contributed by atoms with Gasteiger partial charge < -0.3 is 14.0 Å². The Balaban J connectivity index is 1.66. The minimum absolute atomic E-state index is 0.210. The van der Waals surface area contributed by atoms with Gasteiger partial charge in [0.25, 0.3) is 11.4 Å². The minimum atomic E-state index is -0.218. The van der Waals surface area contributed by atoms with Gasteiger partial charge in [-0.25, -0.2) is 0 Å². The number of hydrogen-bond acceptors (Lipinski definition) is 7. The number of aryl methyl sites for hydroxylation is 1. The third-order valence-corrected chi connectivity index (χ3v) is 5.50. The summed E-state index contributed by atoms with van der Waals surface area (Å²) in [5.41, 5.74) is 2.52. The van der Waals surface area contributed by atoms with Crippen LogP contribution in [0, 0.1) is 6.92 Å². The molecule has 0 unspecified atom stereocenters. The fourth-order valence-electron chi connectivity index (χ4n) is 3.83. The van der Waals surface area contributed by atoms with Crippen molar-refractivity contribution in [3.8, 4) is 40.2 Å². The van der Waals surface area contributed by atoms with Gasteiger partial charge in [0, 0.05) is 10.9 Å². The van der Waals surface area contributed by atoms with Crippen molar-refractivity contribution in [3.63, 3.8) is 0 Å². The lowest BCUT2D eigenvalue weighted by Crippen LogP contribution is -2.23. The minimum Gasteiger partial charge on any atom is -0.493 e. The standard InChI is InChI=1S/C26H22N4O4/c1-4-33-21-14-13-17(15-22(21)32-3)24-27-25(34-29-24)23-18-10-6-7-11-19(18)26(31)30(28-23)20-12-8-5-9-16(20)2/h5-15H,4H2,1-3H3. The molecule has 0 bridgehead atoms. The maximum Gasteiger partial charge on any atom is 0.279 e. The van der Waals surface area contributed by atoms with Gasteiger partial charge >= 0.3 is 0 Å². The summed E-state index contributed by atoms with van der Waals surface area (Å²) in [6, 6.07) is 20.3. The Kier molecular flexibility index (Phi) is 5.55. The normalized spacial score (nSPS) is 11.0. The molecule has 0 spiro atoms. The van der Waals surface area contributed by atoms with Gasteiger partial charge in [-0.05, 0) is 49.7 Å². The zero-order valence-corrected chi connectivity index (χ0v) is 19.0.